The van der Waals surface area contributed by atoms with Crippen molar-refractivity contribution in [1.82, 2.24) is 0 Å². The Kier molecular flexibility index (Phi) is 3.74. The molecule has 13 heavy (non-hydrogen) atoms. The number of rotatable bonds is 4. The van der Waals surface area contributed by atoms with E-state index in [2.05, 4.69) is 0 Å². The Morgan fingerprint density at radius 1 is 1.38 bits per heavy atom. The second-order valence-corrected chi connectivity index (χ2v) is 6.36. The molecule has 0 aliphatic heterocycles. The Morgan fingerprint density at radius 3 is 2.54 bits per heavy atom. The van der Waals surface area contributed by atoms with E-state index < -0.39 is 9.84 Å². The van der Waals surface area contributed by atoms with Crippen LogP contribution in [0, 0.1) is 5.92 Å². The maximum atomic E-state index is 10.8. The monoisotopic (exact) mass is 206 g/mol. The molecule has 4 heteroatoms. The summed E-state index contributed by atoms with van der Waals surface area (Å²) < 4.78 is 21.6. The zero-order valence-corrected chi connectivity index (χ0v) is 8.89. The van der Waals surface area contributed by atoms with Gasteiger partial charge in [-0.15, -0.1) is 0 Å². The summed E-state index contributed by atoms with van der Waals surface area (Å²) in [5.74, 6) is 0.844. The number of hydrogen-bond donors (Lipinski definition) is 1. The predicted octanol–water partition coefficient (Wildman–Crippen LogP) is 0.972. The largest absolute Gasteiger partial charge is 0.393 e. The summed E-state index contributed by atoms with van der Waals surface area (Å²) >= 11 is 0. The molecule has 1 fully saturated rings. The van der Waals surface area contributed by atoms with Crippen molar-refractivity contribution in [1.29, 1.82) is 0 Å². The van der Waals surface area contributed by atoms with Crippen molar-refractivity contribution in [2.75, 3.05) is 12.0 Å². The first-order valence-corrected chi connectivity index (χ1v) is 6.89. The molecule has 1 aliphatic rings. The highest BCUT2D eigenvalue weighted by Gasteiger charge is 2.22. The van der Waals surface area contributed by atoms with Crippen molar-refractivity contribution in [2.24, 2.45) is 5.92 Å². The lowest BCUT2D eigenvalue weighted by Gasteiger charge is -2.07. The van der Waals surface area contributed by atoms with Crippen LogP contribution in [0.4, 0.5) is 0 Å². The maximum Gasteiger partial charge on any atom is 0.147 e. The molecule has 78 valence electrons. The summed E-state index contributed by atoms with van der Waals surface area (Å²) in [5, 5.41) is 9.24. The SMILES string of the molecule is CS(=O)(=O)CCCC1CCC(O)C1. The van der Waals surface area contributed by atoms with Crippen molar-refractivity contribution in [3.63, 3.8) is 0 Å². The van der Waals surface area contributed by atoms with Crippen molar-refractivity contribution in [3.05, 3.63) is 0 Å². The fourth-order valence-corrected chi connectivity index (χ4v) is 2.64. The summed E-state index contributed by atoms with van der Waals surface area (Å²) in [4.78, 5) is 0. The van der Waals surface area contributed by atoms with Gasteiger partial charge in [0.25, 0.3) is 0 Å². The van der Waals surface area contributed by atoms with Crippen LogP contribution >= 0.6 is 0 Å². The lowest BCUT2D eigenvalue weighted by Crippen LogP contribution is -2.06. The quantitative estimate of drug-likeness (QED) is 0.745. The molecule has 0 aromatic carbocycles. The van der Waals surface area contributed by atoms with Gasteiger partial charge in [0, 0.05) is 12.0 Å². The molecule has 1 saturated carbocycles. The Labute approximate surface area is 80.1 Å². The van der Waals surface area contributed by atoms with E-state index in [-0.39, 0.29) is 6.10 Å². The minimum absolute atomic E-state index is 0.136. The number of aliphatic hydroxyl groups is 1. The van der Waals surface area contributed by atoms with Crippen LogP contribution in [0.15, 0.2) is 0 Å². The first-order valence-electron chi connectivity index (χ1n) is 4.83. The molecule has 0 aromatic heterocycles. The van der Waals surface area contributed by atoms with Gasteiger partial charge in [-0.1, -0.05) is 0 Å². The van der Waals surface area contributed by atoms with E-state index in [1.54, 1.807) is 0 Å². The Morgan fingerprint density at radius 2 is 2.08 bits per heavy atom. The van der Waals surface area contributed by atoms with E-state index in [1.807, 2.05) is 0 Å². The van der Waals surface area contributed by atoms with Crippen LogP contribution in [-0.4, -0.2) is 31.6 Å². The molecule has 1 N–H and O–H groups in total. The Hall–Kier alpha value is -0.0900. The average molecular weight is 206 g/mol. The van der Waals surface area contributed by atoms with Crippen molar-refractivity contribution in [3.8, 4) is 0 Å². The zero-order valence-electron chi connectivity index (χ0n) is 8.07. The molecule has 0 heterocycles. The molecule has 2 atom stereocenters. The van der Waals surface area contributed by atoms with Crippen LogP contribution < -0.4 is 0 Å². The van der Waals surface area contributed by atoms with E-state index >= 15 is 0 Å². The van der Waals surface area contributed by atoms with E-state index in [4.69, 9.17) is 0 Å². The normalized spacial score (nSPS) is 29.4. The third-order valence-corrected chi connectivity index (χ3v) is 3.67. The van der Waals surface area contributed by atoms with E-state index in [0.29, 0.717) is 11.7 Å². The molecule has 0 spiro atoms. The lowest BCUT2D eigenvalue weighted by molar-refractivity contribution is 0.177. The molecule has 0 bridgehead atoms. The van der Waals surface area contributed by atoms with Crippen LogP contribution in [-0.2, 0) is 9.84 Å². The lowest BCUT2D eigenvalue weighted by atomic mass is 10.0. The first-order chi connectivity index (χ1) is 5.97. The van der Waals surface area contributed by atoms with E-state index in [1.165, 1.54) is 6.26 Å². The molecule has 0 saturated heterocycles. The molecular weight excluding hydrogens is 188 g/mol. The summed E-state index contributed by atoms with van der Waals surface area (Å²) in [6.07, 6.45) is 5.65. The second kappa shape index (κ2) is 4.42. The fraction of sp³-hybridized carbons (Fsp3) is 1.00. The van der Waals surface area contributed by atoms with Gasteiger partial charge in [0.1, 0.15) is 9.84 Å². The minimum Gasteiger partial charge on any atom is -0.393 e. The summed E-state index contributed by atoms with van der Waals surface area (Å²) in [6.45, 7) is 0. The third-order valence-electron chi connectivity index (χ3n) is 2.64. The number of sulfone groups is 1. The van der Waals surface area contributed by atoms with Gasteiger partial charge in [0.15, 0.2) is 0 Å². The average Bonchev–Trinajstić information content (AvgIpc) is 2.33. The highest BCUT2D eigenvalue weighted by Crippen LogP contribution is 2.28. The van der Waals surface area contributed by atoms with Crippen molar-refractivity contribution in [2.45, 2.75) is 38.2 Å². The highest BCUT2D eigenvalue weighted by molar-refractivity contribution is 7.90. The molecule has 1 rings (SSSR count). The third kappa shape index (κ3) is 4.62. The van der Waals surface area contributed by atoms with Crippen LogP contribution in [0.25, 0.3) is 0 Å². The molecule has 0 aromatic rings. The van der Waals surface area contributed by atoms with Gasteiger partial charge in [0.2, 0.25) is 0 Å². The molecule has 0 radical (unpaired) electrons. The maximum absolute atomic E-state index is 10.8. The fourth-order valence-electron chi connectivity index (χ4n) is 1.94. The van der Waals surface area contributed by atoms with Gasteiger partial charge >= 0.3 is 0 Å². The van der Waals surface area contributed by atoms with Gasteiger partial charge in [0.05, 0.1) is 6.10 Å². The summed E-state index contributed by atoms with van der Waals surface area (Å²) in [5.41, 5.74) is 0. The van der Waals surface area contributed by atoms with Gasteiger partial charge in [-0.2, -0.15) is 0 Å². The Bertz CT molecular complexity index is 246. The number of aliphatic hydroxyl groups excluding tert-OH is 1. The smallest absolute Gasteiger partial charge is 0.147 e. The first kappa shape index (κ1) is 11.0. The van der Waals surface area contributed by atoms with Gasteiger partial charge < -0.3 is 5.11 Å². The van der Waals surface area contributed by atoms with E-state index in [0.717, 1.165) is 32.1 Å². The topological polar surface area (TPSA) is 54.4 Å². The molecule has 0 amide bonds. The van der Waals surface area contributed by atoms with Crippen molar-refractivity contribution >= 4 is 9.84 Å². The predicted molar refractivity (Wildman–Crippen MR) is 52.3 cm³/mol. The highest BCUT2D eigenvalue weighted by atomic mass is 32.2. The zero-order chi connectivity index (χ0) is 9.90. The van der Waals surface area contributed by atoms with Gasteiger partial charge in [-0.05, 0) is 38.0 Å². The van der Waals surface area contributed by atoms with Crippen LogP contribution in [0.1, 0.15) is 32.1 Å². The van der Waals surface area contributed by atoms with E-state index in [9.17, 15) is 13.5 Å². The van der Waals surface area contributed by atoms with Crippen LogP contribution in [0.3, 0.4) is 0 Å². The van der Waals surface area contributed by atoms with Crippen LogP contribution in [0.5, 0.6) is 0 Å². The van der Waals surface area contributed by atoms with Crippen LogP contribution in [0.2, 0.25) is 0 Å². The molecule has 1 aliphatic carbocycles. The summed E-state index contributed by atoms with van der Waals surface area (Å²) in [7, 11) is -2.79. The molecular formula is C9H18O3S. The van der Waals surface area contributed by atoms with Gasteiger partial charge in [-0.25, -0.2) is 8.42 Å². The van der Waals surface area contributed by atoms with Gasteiger partial charge in [-0.3, -0.25) is 0 Å². The standard InChI is InChI=1S/C9H18O3S/c1-13(11,12)6-2-3-8-4-5-9(10)7-8/h8-10H,2-7H2,1H3. The number of hydrogen-bond acceptors (Lipinski definition) is 3. The second-order valence-electron chi connectivity index (χ2n) is 4.11. The molecule has 2 unspecified atom stereocenters. The Balaban J connectivity index is 2.14. The molecule has 3 nitrogen and oxygen atoms in total. The minimum atomic E-state index is -2.79. The summed E-state index contributed by atoms with van der Waals surface area (Å²) in [6, 6.07) is 0. The van der Waals surface area contributed by atoms with Crippen molar-refractivity contribution < 1.29 is 13.5 Å².